The molecular weight excluding hydrogens is 378 g/mol. The van der Waals surface area contributed by atoms with E-state index in [1.807, 2.05) is 0 Å². The number of halogens is 2. The molecule has 0 radical (unpaired) electrons. The molecule has 9 heteroatoms. The number of amides is 1. The van der Waals surface area contributed by atoms with Gasteiger partial charge in [-0.15, -0.1) is 0 Å². The summed E-state index contributed by atoms with van der Waals surface area (Å²) in [5, 5.41) is 5.89. The lowest BCUT2D eigenvalue weighted by Gasteiger charge is -2.30. The predicted molar refractivity (Wildman–Crippen MR) is 103 cm³/mol. The van der Waals surface area contributed by atoms with Crippen molar-refractivity contribution in [1.82, 2.24) is 20.3 Å². The third-order valence-electron chi connectivity index (χ3n) is 4.53. The van der Waals surface area contributed by atoms with E-state index < -0.39 is 11.6 Å². The highest BCUT2D eigenvalue weighted by Crippen LogP contribution is 2.27. The van der Waals surface area contributed by atoms with Gasteiger partial charge >= 0.3 is 0 Å². The summed E-state index contributed by atoms with van der Waals surface area (Å²) in [6.07, 6.45) is 4.69. The molecule has 0 aliphatic carbocycles. The highest BCUT2D eigenvalue weighted by Gasteiger charge is 2.23. The summed E-state index contributed by atoms with van der Waals surface area (Å²) in [5.74, 6) is -0.451. The molecule has 3 aromatic rings. The van der Waals surface area contributed by atoms with Gasteiger partial charge in [-0.2, -0.15) is 0 Å². The first kappa shape index (κ1) is 18.7. The SMILES string of the molecule is O=C(NCc1ccncc1)c1cnc2c(n1)N(Cc1cc(F)ccc1F)CCN2. The number of hydrogen-bond donors (Lipinski definition) is 2. The molecule has 0 saturated heterocycles. The summed E-state index contributed by atoms with van der Waals surface area (Å²) in [6.45, 7) is 1.54. The molecule has 1 aliphatic rings. The van der Waals surface area contributed by atoms with E-state index in [1.165, 1.54) is 6.20 Å². The maximum absolute atomic E-state index is 14.1. The van der Waals surface area contributed by atoms with Crippen molar-refractivity contribution in [2.45, 2.75) is 13.1 Å². The molecule has 7 nitrogen and oxygen atoms in total. The number of nitrogens with zero attached hydrogens (tertiary/aromatic N) is 4. The van der Waals surface area contributed by atoms with Gasteiger partial charge in [0.15, 0.2) is 11.6 Å². The lowest BCUT2D eigenvalue weighted by atomic mass is 10.2. The van der Waals surface area contributed by atoms with Crippen molar-refractivity contribution in [3.8, 4) is 0 Å². The number of aromatic nitrogens is 3. The first-order valence-corrected chi connectivity index (χ1v) is 9.07. The predicted octanol–water partition coefficient (Wildman–Crippen LogP) is 2.51. The maximum atomic E-state index is 14.1. The van der Waals surface area contributed by atoms with Gasteiger partial charge in [-0.1, -0.05) is 0 Å². The summed E-state index contributed by atoms with van der Waals surface area (Å²) in [4.78, 5) is 26.9. The van der Waals surface area contributed by atoms with Crippen LogP contribution in [-0.2, 0) is 13.1 Å². The Labute approximate surface area is 165 Å². The zero-order valence-corrected chi connectivity index (χ0v) is 15.4. The molecule has 0 atom stereocenters. The van der Waals surface area contributed by atoms with E-state index in [1.54, 1.807) is 29.4 Å². The molecule has 0 unspecified atom stereocenters. The van der Waals surface area contributed by atoms with E-state index in [-0.39, 0.29) is 23.7 Å². The Hall–Kier alpha value is -3.62. The van der Waals surface area contributed by atoms with Crippen molar-refractivity contribution in [2.75, 3.05) is 23.3 Å². The van der Waals surface area contributed by atoms with Crippen LogP contribution in [0.25, 0.3) is 0 Å². The number of rotatable bonds is 5. The van der Waals surface area contributed by atoms with Gasteiger partial charge in [-0.3, -0.25) is 9.78 Å². The highest BCUT2D eigenvalue weighted by molar-refractivity contribution is 5.92. The second-order valence-electron chi connectivity index (χ2n) is 6.55. The van der Waals surface area contributed by atoms with Crippen LogP contribution in [0, 0.1) is 11.6 Å². The van der Waals surface area contributed by atoms with Crippen LogP contribution in [0.4, 0.5) is 20.4 Å². The molecule has 1 aliphatic heterocycles. The highest BCUT2D eigenvalue weighted by atomic mass is 19.1. The Balaban J connectivity index is 1.53. The molecule has 29 heavy (non-hydrogen) atoms. The smallest absolute Gasteiger partial charge is 0.271 e. The summed E-state index contributed by atoms with van der Waals surface area (Å²) < 4.78 is 27.6. The molecule has 2 N–H and O–H groups in total. The fourth-order valence-electron chi connectivity index (χ4n) is 3.05. The molecule has 3 heterocycles. The molecule has 2 aromatic heterocycles. The fourth-order valence-corrected chi connectivity index (χ4v) is 3.05. The first-order chi connectivity index (χ1) is 14.1. The lowest BCUT2D eigenvalue weighted by molar-refractivity contribution is 0.0945. The number of benzene rings is 1. The summed E-state index contributed by atoms with van der Waals surface area (Å²) >= 11 is 0. The van der Waals surface area contributed by atoms with Gasteiger partial charge in [0.2, 0.25) is 0 Å². The molecule has 1 aromatic carbocycles. The normalized spacial score (nSPS) is 12.8. The fraction of sp³-hybridized carbons (Fsp3) is 0.200. The van der Waals surface area contributed by atoms with Crippen LogP contribution in [0.3, 0.4) is 0 Å². The number of carbonyl (C=O) groups is 1. The van der Waals surface area contributed by atoms with Crippen molar-refractivity contribution in [1.29, 1.82) is 0 Å². The van der Waals surface area contributed by atoms with E-state index in [2.05, 4.69) is 25.6 Å². The number of hydrogen-bond acceptors (Lipinski definition) is 6. The van der Waals surface area contributed by atoms with Crippen LogP contribution in [-0.4, -0.2) is 33.9 Å². The molecule has 148 valence electrons. The zero-order valence-electron chi connectivity index (χ0n) is 15.4. The van der Waals surface area contributed by atoms with Gasteiger partial charge in [0.1, 0.15) is 17.3 Å². The average molecular weight is 396 g/mol. The van der Waals surface area contributed by atoms with Gasteiger partial charge in [0.25, 0.3) is 5.91 Å². The Morgan fingerprint density at radius 1 is 1.21 bits per heavy atom. The van der Waals surface area contributed by atoms with Crippen LogP contribution in [0.15, 0.2) is 48.9 Å². The van der Waals surface area contributed by atoms with E-state index in [0.717, 1.165) is 23.8 Å². The largest absolute Gasteiger partial charge is 0.365 e. The average Bonchev–Trinajstić information content (AvgIpc) is 2.75. The van der Waals surface area contributed by atoms with Crippen LogP contribution >= 0.6 is 0 Å². The van der Waals surface area contributed by atoms with Crippen molar-refractivity contribution < 1.29 is 13.6 Å². The van der Waals surface area contributed by atoms with Crippen molar-refractivity contribution in [3.05, 3.63) is 77.4 Å². The van der Waals surface area contributed by atoms with Crippen LogP contribution in [0.1, 0.15) is 21.6 Å². The minimum atomic E-state index is -0.507. The topological polar surface area (TPSA) is 83.0 Å². The van der Waals surface area contributed by atoms with Gasteiger partial charge in [-0.05, 0) is 35.9 Å². The van der Waals surface area contributed by atoms with E-state index in [4.69, 9.17) is 0 Å². The second-order valence-corrected chi connectivity index (χ2v) is 6.55. The molecule has 0 saturated carbocycles. The Bertz CT molecular complexity index is 1030. The third kappa shape index (κ3) is 4.29. The van der Waals surface area contributed by atoms with Crippen molar-refractivity contribution >= 4 is 17.5 Å². The number of anilines is 2. The van der Waals surface area contributed by atoms with Gasteiger partial charge < -0.3 is 15.5 Å². The summed E-state index contributed by atoms with van der Waals surface area (Å²) in [5.41, 5.74) is 1.27. The number of nitrogens with one attached hydrogen (secondary N) is 2. The monoisotopic (exact) mass is 396 g/mol. The molecule has 4 rings (SSSR count). The third-order valence-corrected chi connectivity index (χ3v) is 4.53. The molecular formula is C20H18F2N6O. The lowest BCUT2D eigenvalue weighted by Crippen LogP contribution is -2.36. The number of carbonyl (C=O) groups excluding carboxylic acids is 1. The van der Waals surface area contributed by atoms with Gasteiger partial charge in [0, 0.05) is 44.1 Å². The zero-order chi connectivity index (χ0) is 20.2. The summed E-state index contributed by atoms with van der Waals surface area (Å²) in [6, 6.07) is 6.95. The van der Waals surface area contributed by atoms with E-state index in [9.17, 15) is 13.6 Å². The Morgan fingerprint density at radius 2 is 2.03 bits per heavy atom. The maximum Gasteiger partial charge on any atom is 0.271 e. The molecule has 0 bridgehead atoms. The number of fused-ring (bicyclic) bond motifs is 1. The van der Waals surface area contributed by atoms with Crippen LogP contribution in [0.2, 0.25) is 0 Å². The van der Waals surface area contributed by atoms with Crippen LogP contribution < -0.4 is 15.5 Å². The van der Waals surface area contributed by atoms with E-state index >= 15 is 0 Å². The summed E-state index contributed by atoms with van der Waals surface area (Å²) in [7, 11) is 0. The minimum absolute atomic E-state index is 0.120. The quantitative estimate of drug-likeness (QED) is 0.690. The van der Waals surface area contributed by atoms with Crippen molar-refractivity contribution in [3.63, 3.8) is 0 Å². The number of pyridine rings is 1. The second kappa shape index (κ2) is 8.17. The van der Waals surface area contributed by atoms with Gasteiger partial charge in [-0.25, -0.2) is 18.7 Å². The standard InChI is InChI=1S/C20H18F2N6O/c21-15-1-2-16(22)14(9-15)12-28-8-7-24-18-19(28)27-17(11-25-18)20(29)26-10-13-3-5-23-6-4-13/h1-6,9,11H,7-8,10,12H2,(H,24,25)(H,26,29). The first-order valence-electron chi connectivity index (χ1n) is 9.07. The van der Waals surface area contributed by atoms with Crippen LogP contribution in [0.5, 0.6) is 0 Å². The van der Waals surface area contributed by atoms with E-state index in [0.29, 0.717) is 31.3 Å². The minimum Gasteiger partial charge on any atom is -0.365 e. The Morgan fingerprint density at radius 3 is 2.86 bits per heavy atom. The van der Waals surface area contributed by atoms with Crippen molar-refractivity contribution in [2.24, 2.45) is 0 Å². The molecule has 0 fully saturated rings. The molecule has 0 spiro atoms. The van der Waals surface area contributed by atoms with Gasteiger partial charge in [0.05, 0.1) is 6.20 Å². The molecule has 1 amide bonds. The Kier molecular flexibility index (Phi) is 5.28.